The topological polar surface area (TPSA) is 46.5 Å². The van der Waals surface area contributed by atoms with Crippen LogP contribution in [0.4, 0.5) is 0 Å². The van der Waals surface area contributed by atoms with E-state index >= 15 is 0 Å². The first-order valence-corrected chi connectivity index (χ1v) is 2.85. The number of ether oxygens (including phenoxy) is 1. The predicted octanol–water partition coefficient (Wildman–Crippen LogP) is 0.326. The zero-order chi connectivity index (χ0) is 5.70. The van der Waals surface area contributed by atoms with Crippen molar-refractivity contribution >= 4 is 11.1 Å². The van der Waals surface area contributed by atoms with Crippen LogP contribution in [-0.2, 0) is 15.8 Å². The van der Waals surface area contributed by atoms with Gasteiger partial charge < -0.3 is 9.29 Å². The van der Waals surface area contributed by atoms with E-state index in [-0.39, 0.29) is 5.94 Å². The molecule has 0 aromatic carbocycles. The van der Waals surface area contributed by atoms with Crippen LogP contribution in [0.25, 0.3) is 0 Å². The maximum Gasteiger partial charge on any atom is 0.191 e. The maximum atomic E-state index is 9.70. The van der Waals surface area contributed by atoms with Crippen molar-refractivity contribution in [3.8, 4) is 0 Å². The van der Waals surface area contributed by atoms with E-state index in [2.05, 4.69) is 11.3 Å². The third-order valence-electron chi connectivity index (χ3n) is 0.287. The Bertz CT molecular complexity index is 80.2. The van der Waals surface area contributed by atoms with Crippen LogP contribution in [0.3, 0.4) is 0 Å². The quantitative estimate of drug-likeness (QED) is 0.433. The summed E-state index contributed by atoms with van der Waals surface area (Å²) in [6.07, 6.45) is 1.12. The Morgan fingerprint density at radius 1 is 2.00 bits per heavy atom. The van der Waals surface area contributed by atoms with Crippen LogP contribution in [0.15, 0.2) is 12.8 Å². The Morgan fingerprint density at radius 2 is 2.57 bits per heavy atom. The highest BCUT2D eigenvalue weighted by Crippen LogP contribution is 1.75. The molecule has 4 heteroatoms. The van der Waals surface area contributed by atoms with E-state index in [0.29, 0.717) is 0 Å². The van der Waals surface area contributed by atoms with Gasteiger partial charge in [0.15, 0.2) is 17.0 Å². The van der Waals surface area contributed by atoms with E-state index in [0.717, 1.165) is 6.26 Å². The third kappa shape index (κ3) is 5.65. The fraction of sp³-hybridized carbons (Fsp3) is 0.333. The highest BCUT2D eigenvalue weighted by atomic mass is 32.2. The van der Waals surface area contributed by atoms with Gasteiger partial charge in [0, 0.05) is 0 Å². The van der Waals surface area contributed by atoms with Gasteiger partial charge in [-0.2, -0.15) is 0 Å². The standard InChI is InChI=1S/C3H6O3S/c1-2-6-3-7(4)5/h2H,1,3H2,(H,4,5). The lowest BCUT2D eigenvalue weighted by atomic mass is 11.2. The first-order valence-electron chi connectivity index (χ1n) is 1.57. The van der Waals surface area contributed by atoms with Crippen molar-refractivity contribution in [1.29, 1.82) is 0 Å². The van der Waals surface area contributed by atoms with E-state index in [9.17, 15) is 4.21 Å². The average Bonchev–Trinajstić information content (AvgIpc) is 1.61. The lowest BCUT2D eigenvalue weighted by Gasteiger charge is -1.89. The van der Waals surface area contributed by atoms with E-state index in [1.807, 2.05) is 0 Å². The number of rotatable bonds is 3. The highest BCUT2D eigenvalue weighted by Gasteiger charge is 1.85. The molecule has 0 aromatic rings. The van der Waals surface area contributed by atoms with Gasteiger partial charge in [0.25, 0.3) is 0 Å². The normalized spacial score (nSPS) is 12.7. The minimum absolute atomic E-state index is 0.191. The van der Waals surface area contributed by atoms with Crippen LogP contribution < -0.4 is 0 Å². The Balaban J connectivity index is 2.97. The Kier molecular flexibility index (Phi) is 3.64. The SMILES string of the molecule is C=COCS(=O)O. The minimum atomic E-state index is -1.86. The largest absolute Gasteiger partial charge is 0.486 e. The van der Waals surface area contributed by atoms with Crippen molar-refractivity contribution in [2.75, 3.05) is 5.94 Å². The fourth-order valence-electron chi connectivity index (χ4n) is 0.106. The fourth-order valence-corrected chi connectivity index (χ4v) is 0.319. The second kappa shape index (κ2) is 3.83. The molecule has 0 aliphatic carbocycles. The van der Waals surface area contributed by atoms with Crippen molar-refractivity contribution in [2.45, 2.75) is 0 Å². The summed E-state index contributed by atoms with van der Waals surface area (Å²) < 4.78 is 22.0. The summed E-state index contributed by atoms with van der Waals surface area (Å²) in [7, 11) is 0. The van der Waals surface area contributed by atoms with Crippen LogP contribution in [0, 0.1) is 0 Å². The maximum absolute atomic E-state index is 9.70. The van der Waals surface area contributed by atoms with E-state index in [4.69, 9.17) is 4.55 Å². The molecule has 0 bridgehead atoms. The minimum Gasteiger partial charge on any atom is -0.486 e. The molecule has 0 fully saturated rings. The van der Waals surface area contributed by atoms with Gasteiger partial charge in [0.2, 0.25) is 0 Å². The Labute approximate surface area is 44.3 Å². The molecule has 0 saturated carbocycles. The molecule has 0 spiro atoms. The molecule has 0 aromatic heterocycles. The van der Waals surface area contributed by atoms with Crippen molar-refractivity contribution in [1.82, 2.24) is 0 Å². The van der Waals surface area contributed by atoms with Crippen molar-refractivity contribution in [3.05, 3.63) is 12.8 Å². The van der Waals surface area contributed by atoms with E-state index < -0.39 is 11.1 Å². The molecule has 0 radical (unpaired) electrons. The zero-order valence-electron chi connectivity index (χ0n) is 3.66. The molecule has 0 aliphatic heterocycles. The first-order chi connectivity index (χ1) is 3.27. The summed E-state index contributed by atoms with van der Waals surface area (Å²) >= 11 is -1.86. The van der Waals surface area contributed by atoms with E-state index in [1.54, 1.807) is 0 Å². The van der Waals surface area contributed by atoms with Crippen LogP contribution in [0.1, 0.15) is 0 Å². The second-order valence-corrected chi connectivity index (χ2v) is 1.65. The molecule has 0 amide bonds. The predicted molar refractivity (Wildman–Crippen MR) is 26.9 cm³/mol. The van der Waals surface area contributed by atoms with Crippen LogP contribution >= 0.6 is 0 Å². The second-order valence-electron chi connectivity index (χ2n) is 0.773. The smallest absolute Gasteiger partial charge is 0.191 e. The average molecular weight is 122 g/mol. The summed E-state index contributed by atoms with van der Waals surface area (Å²) in [5, 5.41) is 0. The molecule has 0 saturated heterocycles. The van der Waals surface area contributed by atoms with Crippen LogP contribution in [0.2, 0.25) is 0 Å². The zero-order valence-corrected chi connectivity index (χ0v) is 4.48. The molecule has 42 valence electrons. The molecule has 0 rings (SSSR count). The van der Waals surface area contributed by atoms with Gasteiger partial charge in [-0.15, -0.1) is 0 Å². The molecule has 7 heavy (non-hydrogen) atoms. The van der Waals surface area contributed by atoms with Gasteiger partial charge in [0.1, 0.15) is 0 Å². The molecular formula is C3H6O3S. The Hall–Kier alpha value is -0.350. The van der Waals surface area contributed by atoms with E-state index in [1.165, 1.54) is 0 Å². The molecule has 0 aliphatic rings. The Morgan fingerprint density at radius 3 is 2.71 bits per heavy atom. The molecule has 1 unspecified atom stereocenters. The van der Waals surface area contributed by atoms with Gasteiger partial charge in [-0.1, -0.05) is 6.58 Å². The summed E-state index contributed by atoms with van der Waals surface area (Å²) in [6, 6.07) is 0. The molecular weight excluding hydrogens is 116 g/mol. The lowest BCUT2D eigenvalue weighted by molar-refractivity contribution is 0.304. The monoisotopic (exact) mass is 122 g/mol. The first kappa shape index (κ1) is 6.65. The summed E-state index contributed by atoms with van der Waals surface area (Å²) in [5.74, 6) is -0.191. The number of hydrogen-bond acceptors (Lipinski definition) is 2. The van der Waals surface area contributed by atoms with Crippen molar-refractivity contribution in [2.24, 2.45) is 0 Å². The van der Waals surface area contributed by atoms with Gasteiger partial charge >= 0.3 is 0 Å². The summed E-state index contributed by atoms with van der Waals surface area (Å²) in [5.41, 5.74) is 0. The molecule has 3 nitrogen and oxygen atoms in total. The van der Waals surface area contributed by atoms with Crippen LogP contribution in [-0.4, -0.2) is 14.7 Å². The van der Waals surface area contributed by atoms with Gasteiger partial charge in [-0.25, -0.2) is 4.21 Å². The molecule has 1 atom stereocenters. The van der Waals surface area contributed by atoms with Gasteiger partial charge in [-0.05, 0) is 0 Å². The number of hydrogen-bond donors (Lipinski definition) is 1. The van der Waals surface area contributed by atoms with Crippen LogP contribution in [0.5, 0.6) is 0 Å². The molecule has 0 heterocycles. The summed E-state index contributed by atoms with van der Waals surface area (Å²) in [6.45, 7) is 3.16. The third-order valence-corrected chi connectivity index (χ3v) is 0.624. The lowest BCUT2D eigenvalue weighted by Crippen LogP contribution is -1.94. The van der Waals surface area contributed by atoms with Gasteiger partial charge in [0.05, 0.1) is 6.26 Å². The van der Waals surface area contributed by atoms with Crippen molar-refractivity contribution in [3.63, 3.8) is 0 Å². The summed E-state index contributed by atoms with van der Waals surface area (Å²) in [4.78, 5) is 0. The highest BCUT2D eigenvalue weighted by molar-refractivity contribution is 7.79. The van der Waals surface area contributed by atoms with Crippen molar-refractivity contribution < 1.29 is 13.5 Å². The van der Waals surface area contributed by atoms with Gasteiger partial charge in [-0.3, -0.25) is 0 Å². The molecule has 1 N–H and O–H groups in total.